The number of nitrogens with one attached hydrogen (secondary N) is 1. The fourth-order valence-corrected chi connectivity index (χ4v) is 5.21. The van der Waals surface area contributed by atoms with Gasteiger partial charge in [-0.1, -0.05) is 26.7 Å². The van der Waals surface area contributed by atoms with Gasteiger partial charge < -0.3 is 9.73 Å². The van der Waals surface area contributed by atoms with Crippen LogP contribution in [0.2, 0.25) is 0 Å². The van der Waals surface area contributed by atoms with E-state index in [0.29, 0.717) is 35.3 Å². The lowest BCUT2D eigenvalue weighted by molar-refractivity contribution is -0.119. The normalized spacial score (nSPS) is 23.2. The molecule has 0 aromatic carbocycles. The van der Waals surface area contributed by atoms with E-state index < -0.39 is 0 Å². The minimum atomic E-state index is 0.136. The van der Waals surface area contributed by atoms with E-state index in [4.69, 9.17) is 4.42 Å². The van der Waals surface area contributed by atoms with Crippen molar-refractivity contribution in [2.45, 2.75) is 58.8 Å². The molecule has 2 heterocycles. The van der Waals surface area contributed by atoms with Crippen molar-refractivity contribution >= 4 is 29.0 Å². The number of thioether (sulfide) groups is 1. The van der Waals surface area contributed by atoms with Gasteiger partial charge in [-0.05, 0) is 49.1 Å². The van der Waals surface area contributed by atoms with E-state index in [-0.39, 0.29) is 5.91 Å². The molecule has 0 spiro atoms. The number of nitrogens with zero attached hydrogens (tertiary/aromatic N) is 1. The fraction of sp³-hybridized carbons (Fsp3) is 0.600. The number of hydrogen-bond acceptors (Lipinski definition) is 5. The van der Waals surface area contributed by atoms with Gasteiger partial charge in [0.05, 0.1) is 16.3 Å². The Balaban J connectivity index is 1.50. The van der Waals surface area contributed by atoms with Gasteiger partial charge in [-0.15, -0.1) is 23.1 Å². The lowest BCUT2D eigenvalue weighted by Crippen LogP contribution is -2.44. The molecular weight excluding hydrogens is 364 g/mol. The quantitative estimate of drug-likeness (QED) is 0.734. The van der Waals surface area contributed by atoms with E-state index in [1.165, 1.54) is 18.4 Å². The first kappa shape index (κ1) is 19.5. The molecule has 3 unspecified atom stereocenters. The highest BCUT2D eigenvalue weighted by Crippen LogP contribution is 2.31. The zero-order chi connectivity index (χ0) is 18.7. The van der Waals surface area contributed by atoms with Crippen molar-refractivity contribution in [3.8, 4) is 10.8 Å². The predicted octanol–water partition coefficient (Wildman–Crippen LogP) is 5.19. The van der Waals surface area contributed by atoms with Crippen LogP contribution < -0.4 is 5.32 Å². The minimum Gasteiger partial charge on any atom is -0.440 e. The van der Waals surface area contributed by atoms with E-state index in [1.54, 1.807) is 23.1 Å². The molecular formula is C20H28N2O2S2. The Labute approximate surface area is 164 Å². The highest BCUT2D eigenvalue weighted by atomic mass is 32.2. The van der Waals surface area contributed by atoms with Crippen LogP contribution in [0, 0.1) is 25.7 Å². The zero-order valence-corrected chi connectivity index (χ0v) is 17.6. The van der Waals surface area contributed by atoms with Crippen LogP contribution in [0.3, 0.4) is 0 Å². The lowest BCUT2D eigenvalue weighted by atomic mass is 9.78. The van der Waals surface area contributed by atoms with Crippen LogP contribution in [0.15, 0.2) is 15.9 Å². The third-order valence-corrected chi connectivity index (χ3v) is 7.42. The van der Waals surface area contributed by atoms with Gasteiger partial charge in [0.25, 0.3) is 0 Å². The van der Waals surface area contributed by atoms with Crippen molar-refractivity contribution < 1.29 is 9.21 Å². The van der Waals surface area contributed by atoms with Crippen molar-refractivity contribution in [2.24, 2.45) is 11.8 Å². The summed E-state index contributed by atoms with van der Waals surface area (Å²) in [5.74, 6) is 4.10. The number of carbonyl (C=O) groups excluding carboxylic acids is 1. The number of aryl methyl sites for hydroxylation is 2. The van der Waals surface area contributed by atoms with E-state index in [2.05, 4.69) is 42.5 Å². The molecule has 3 rings (SSSR count). The van der Waals surface area contributed by atoms with Crippen LogP contribution in [0.4, 0.5) is 0 Å². The fourth-order valence-electron chi connectivity index (χ4n) is 3.53. The average Bonchev–Trinajstić information content (AvgIpc) is 3.18. The summed E-state index contributed by atoms with van der Waals surface area (Å²) in [6, 6.07) is 2.40. The number of carbonyl (C=O) groups is 1. The maximum absolute atomic E-state index is 12.3. The van der Waals surface area contributed by atoms with Gasteiger partial charge in [0.1, 0.15) is 5.76 Å². The first-order valence-electron chi connectivity index (χ1n) is 9.33. The number of amides is 1. The summed E-state index contributed by atoms with van der Waals surface area (Å²) in [5.41, 5.74) is 2.12. The molecule has 142 valence electrons. The number of aromatic nitrogens is 1. The third-order valence-electron chi connectivity index (χ3n) is 5.47. The number of rotatable bonds is 6. The second kappa shape index (κ2) is 8.61. The Morgan fingerprint density at radius 1 is 1.38 bits per heavy atom. The zero-order valence-electron chi connectivity index (χ0n) is 16.0. The topological polar surface area (TPSA) is 55.1 Å². The molecule has 1 aliphatic carbocycles. The SMILES string of the molecule is Cc1ccsc1-c1nc(CSCC(=O)NC2CCCC(C)C2C)c(C)o1. The van der Waals surface area contributed by atoms with Crippen LogP contribution in [0.5, 0.6) is 0 Å². The molecule has 1 amide bonds. The third kappa shape index (κ3) is 4.52. The molecule has 6 heteroatoms. The van der Waals surface area contributed by atoms with Crippen molar-refractivity contribution in [2.75, 3.05) is 5.75 Å². The van der Waals surface area contributed by atoms with Crippen LogP contribution in [0.1, 0.15) is 50.1 Å². The molecule has 1 N–H and O–H groups in total. The Morgan fingerprint density at radius 3 is 2.92 bits per heavy atom. The highest BCUT2D eigenvalue weighted by Gasteiger charge is 2.28. The lowest BCUT2D eigenvalue weighted by Gasteiger charge is -2.34. The maximum Gasteiger partial charge on any atom is 0.237 e. The molecule has 0 saturated heterocycles. The van der Waals surface area contributed by atoms with Gasteiger partial charge in [-0.2, -0.15) is 0 Å². The molecule has 1 saturated carbocycles. The highest BCUT2D eigenvalue weighted by molar-refractivity contribution is 7.99. The monoisotopic (exact) mass is 392 g/mol. The first-order chi connectivity index (χ1) is 12.5. The molecule has 3 atom stereocenters. The molecule has 1 fully saturated rings. The molecule has 0 radical (unpaired) electrons. The second-order valence-corrected chi connectivity index (χ2v) is 9.29. The second-order valence-electron chi connectivity index (χ2n) is 7.39. The summed E-state index contributed by atoms with van der Waals surface area (Å²) >= 11 is 3.25. The van der Waals surface area contributed by atoms with Gasteiger partial charge in [0.2, 0.25) is 11.8 Å². The minimum absolute atomic E-state index is 0.136. The Kier molecular flexibility index (Phi) is 6.46. The Hall–Kier alpha value is -1.27. The van der Waals surface area contributed by atoms with Crippen molar-refractivity contribution in [3.05, 3.63) is 28.5 Å². The van der Waals surface area contributed by atoms with E-state index in [9.17, 15) is 4.79 Å². The summed E-state index contributed by atoms with van der Waals surface area (Å²) < 4.78 is 5.83. The standard InChI is InChI=1S/C20H28N2O2S2/c1-12-6-5-7-16(14(12)3)21-18(23)11-25-10-17-15(4)24-20(22-17)19-13(2)8-9-26-19/h8-9,12,14,16H,5-7,10-11H2,1-4H3,(H,21,23). The van der Waals surface area contributed by atoms with E-state index in [1.807, 2.05) is 6.92 Å². The van der Waals surface area contributed by atoms with Crippen molar-refractivity contribution in [3.63, 3.8) is 0 Å². The van der Waals surface area contributed by atoms with E-state index in [0.717, 1.165) is 22.8 Å². The number of oxazole rings is 1. The Bertz CT molecular complexity index is 753. The number of hydrogen-bond donors (Lipinski definition) is 1. The van der Waals surface area contributed by atoms with Gasteiger partial charge >= 0.3 is 0 Å². The maximum atomic E-state index is 12.3. The molecule has 0 bridgehead atoms. The summed E-state index contributed by atoms with van der Waals surface area (Å²) in [4.78, 5) is 18.0. The van der Waals surface area contributed by atoms with Crippen LogP contribution >= 0.6 is 23.1 Å². The summed E-state index contributed by atoms with van der Waals surface area (Å²) in [7, 11) is 0. The summed E-state index contributed by atoms with van der Waals surface area (Å²) in [5, 5.41) is 5.28. The predicted molar refractivity (Wildman–Crippen MR) is 110 cm³/mol. The molecule has 26 heavy (non-hydrogen) atoms. The van der Waals surface area contributed by atoms with Gasteiger partial charge in [-0.25, -0.2) is 4.98 Å². The molecule has 4 nitrogen and oxygen atoms in total. The summed E-state index contributed by atoms with van der Waals surface area (Å²) in [6.07, 6.45) is 3.60. The first-order valence-corrected chi connectivity index (χ1v) is 11.4. The van der Waals surface area contributed by atoms with Crippen LogP contribution in [-0.4, -0.2) is 22.7 Å². The van der Waals surface area contributed by atoms with E-state index >= 15 is 0 Å². The molecule has 2 aromatic heterocycles. The summed E-state index contributed by atoms with van der Waals surface area (Å²) in [6.45, 7) is 8.56. The molecule has 0 aliphatic heterocycles. The van der Waals surface area contributed by atoms with Gasteiger partial charge in [0.15, 0.2) is 0 Å². The Morgan fingerprint density at radius 2 is 2.19 bits per heavy atom. The largest absolute Gasteiger partial charge is 0.440 e. The molecule has 2 aromatic rings. The van der Waals surface area contributed by atoms with Crippen molar-refractivity contribution in [1.29, 1.82) is 0 Å². The van der Waals surface area contributed by atoms with Gasteiger partial charge in [-0.3, -0.25) is 4.79 Å². The smallest absolute Gasteiger partial charge is 0.237 e. The van der Waals surface area contributed by atoms with Crippen LogP contribution in [0.25, 0.3) is 10.8 Å². The van der Waals surface area contributed by atoms with Gasteiger partial charge in [0, 0.05) is 11.8 Å². The van der Waals surface area contributed by atoms with Crippen LogP contribution in [-0.2, 0) is 10.5 Å². The molecule has 1 aliphatic rings. The van der Waals surface area contributed by atoms with Crippen molar-refractivity contribution in [1.82, 2.24) is 10.3 Å². The number of thiophene rings is 1. The average molecular weight is 393 g/mol.